The molecular weight excluding hydrogens is 628 g/mol. The van der Waals surface area contributed by atoms with Gasteiger partial charge in [-0.05, 0) is 33.7 Å². The van der Waals surface area contributed by atoms with Crippen molar-refractivity contribution in [3.63, 3.8) is 0 Å². The molecule has 0 rings (SSSR count). The Morgan fingerprint density at radius 3 is 1.14 bits per heavy atom. The van der Waals surface area contributed by atoms with Crippen LogP contribution in [0.2, 0.25) is 0 Å². The number of carbonyl (C=O) groups excluding carboxylic acids is 3. The molecule has 0 aliphatic heterocycles. The van der Waals surface area contributed by atoms with Gasteiger partial charge in [-0.1, -0.05) is 111 Å². The molecule has 0 radical (unpaired) electrons. The summed E-state index contributed by atoms with van der Waals surface area (Å²) >= 11 is 0. The van der Waals surface area contributed by atoms with Crippen LogP contribution in [0.25, 0.3) is 0 Å². The van der Waals surface area contributed by atoms with E-state index in [1.165, 1.54) is 90.4 Å². The second kappa shape index (κ2) is 61.3. The molecule has 0 saturated heterocycles. The van der Waals surface area contributed by atoms with Gasteiger partial charge in [-0.15, -0.1) is 0 Å². The largest absolute Gasteiger partial charge is 0.481 e. The first-order valence-corrected chi connectivity index (χ1v) is 19.0. The van der Waals surface area contributed by atoms with Crippen molar-refractivity contribution in [2.24, 2.45) is 0 Å². The molecule has 0 aromatic heterocycles. The molecule has 11 nitrogen and oxygen atoms in total. The van der Waals surface area contributed by atoms with Crippen LogP contribution in [0.1, 0.15) is 150 Å². The molecule has 0 spiro atoms. The number of Topliss-reactive ketones (excluding diaryl/α,β-unsaturated/α-hetero) is 1. The van der Waals surface area contributed by atoms with Crippen LogP contribution in [0, 0.1) is 0 Å². The first-order valence-electron chi connectivity index (χ1n) is 19.0. The summed E-state index contributed by atoms with van der Waals surface area (Å²) in [6, 6.07) is 0. The molecule has 0 fully saturated rings. The summed E-state index contributed by atoms with van der Waals surface area (Å²) in [4.78, 5) is 38.0. The number of hydrogen-bond donors (Lipinski definition) is 3. The Balaban J connectivity index is -0.000000199. The highest BCUT2D eigenvalue weighted by Crippen LogP contribution is 2.13. The lowest BCUT2D eigenvalue weighted by atomic mass is 10.0. The van der Waals surface area contributed by atoms with Crippen molar-refractivity contribution in [3.8, 4) is 0 Å². The Bertz CT molecular complexity index is 598. The normalized spacial score (nSPS) is 9.69. The van der Waals surface area contributed by atoms with Gasteiger partial charge < -0.3 is 44.3 Å². The third kappa shape index (κ3) is 87.0. The van der Waals surface area contributed by atoms with Crippen molar-refractivity contribution < 1.29 is 43.2 Å². The van der Waals surface area contributed by atoms with E-state index < -0.39 is 5.97 Å². The SMILES string of the molecule is CC=O.CCC(C)=O.CCCCCCCCCCCCCCCCCC(=O)O.CCCOCCOCCOCCOCCNC.CNC=O. The molecule has 0 aliphatic rings. The van der Waals surface area contributed by atoms with Gasteiger partial charge in [0, 0.05) is 33.0 Å². The van der Waals surface area contributed by atoms with Crippen LogP contribution in [-0.4, -0.2) is 103 Å². The van der Waals surface area contributed by atoms with E-state index in [4.69, 9.17) is 33.6 Å². The van der Waals surface area contributed by atoms with Crippen LogP contribution < -0.4 is 10.6 Å². The van der Waals surface area contributed by atoms with E-state index in [1.54, 1.807) is 14.0 Å². The van der Waals surface area contributed by atoms with Crippen LogP contribution in [-0.2, 0) is 38.1 Å². The van der Waals surface area contributed by atoms with Gasteiger partial charge >= 0.3 is 5.97 Å². The number of unbranched alkanes of at least 4 members (excludes halogenated alkanes) is 14. The number of carboxylic acid groups (broad SMARTS) is 1. The number of aldehydes is 1. The summed E-state index contributed by atoms with van der Waals surface area (Å²) < 4.78 is 21.2. The molecular formula is C38H80N2O9. The summed E-state index contributed by atoms with van der Waals surface area (Å²) in [6.07, 6.45) is 23.3. The zero-order chi connectivity index (χ0) is 37.9. The molecule has 49 heavy (non-hydrogen) atoms. The lowest BCUT2D eigenvalue weighted by Gasteiger charge is -2.07. The predicted molar refractivity (Wildman–Crippen MR) is 203 cm³/mol. The molecule has 0 unspecified atom stereocenters. The smallest absolute Gasteiger partial charge is 0.303 e. The van der Waals surface area contributed by atoms with Gasteiger partial charge in [0.15, 0.2) is 0 Å². The summed E-state index contributed by atoms with van der Waals surface area (Å²) in [5, 5.41) is 13.8. The molecule has 0 atom stereocenters. The van der Waals surface area contributed by atoms with Crippen molar-refractivity contribution in [1.29, 1.82) is 0 Å². The standard InChI is InChI=1S/C18H36O2.C12H27NO4.C4H8O.C2H5NO.C2H4O/c1-2-3-4-5-6-7-8-9-10-11-12-13-14-15-16-17-18(19)20;1-3-5-14-7-9-16-11-12-17-10-8-15-6-4-13-2;1-3-4(2)5;1-3-2-4;1-2-3/h2-17H2,1H3,(H,19,20);13H,3-12H2,1-2H3;3H2,1-2H3;2H,1H3,(H,3,4);2H,1H3. The van der Waals surface area contributed by atoms with Gasteiger partial charge in [-0.3, -0.25) is 9.59 Å². The van der Waals surface area contributed by atoms with Gasteiger partial charge in [0.1, 0.15) is 12.1 Å². The molecule has 0 heterocycles. The third-order valence-electron chi connectivity index (χ3n) is 6.57. The van der Waals surface area contributed by atoms with Crippen LogP contribution in [0.4, 0.5) is 0 Å². The van der Waals surface area contributed by atoms with Crippen LogP contribution >= 0.6 is 0 Å². The van der Waals surface area contributed by atoms with Crippen molar-refractivity contribution >= 4 is 24.4 Å². The van der Waals surface area contributed by atoms with Crippen molar-refractivity contribution in [3.05, 3.63) is 0 Å². The maximum atomic E-state index is 10.3. The van der Waals surface area contributed by atoms with Gasteiger partial charge in [-0.2, -0.15) is 0 Å². The number of nitrogens with one attached hydrogen (secondary N) is 2. The third-order valence-corrected chi connectivity index (χ3v) is 6.57. The number of ether oxygens (including phenoxy) is 4. The van der Waals surface area contributed by atoms with E-state index in [2.05, 4.69) is 24.5 Å². The minimum absolute atomic E-state index is 0.255. The topological polar surface area (TPSA) is 149 Å². The lowest BCUT2D eigenvalue weighted by molar-refractivity contribution is -0.137. The highest BCUT2D eigenvalue weighted by Gasteiger charge is 1.97. The van der Waals surface area contributed by atoms with Gasteiger partial charge in [-0.25, -0.2) is 0 Å². The number of ketones is 1. The van der Waals surface area contributed by atoms with Crippen LogP contribution in [0.15, 0.2) is 0 Å². The number of carboxylic acids is 1. The van der Waals surface area contributed by atoms with E-state index in [9.17, 15) is 9.59 Å². The highest BCUT2D eigenvalue weighted by atomic mass is 16.6. The molecule has 0 aromatic rings. The molecule has 0 saturated carbocycles. The second-order valence-electron chi connectivity index (χ2n) is 11.3. The van der Waals surface area contributed by atoms with Crippen LogP contribution in [0.3, 0.4) is 0 Å². The van der Waals surface area contributed by atoms with E-state index >= 15 is 0 Å². The first-order chi connectivity index (χ1) is 23.8. The fraction of sp³-hybridized carbons (Fsp3) is 0.895. The van der Waals surface area contributed by atoms with Crippen molar-refractivity contribution in [2.45, 2.75) is 150 Å². The fourth-order valence-corrected chi connectivity index (χ4v) is 3.73. The van der Waals surface area contributed by atoms with E-state index in [0.717, 1.165) is 45.3 Å². The Kier molecular flexibility index (Phi) is 70.6. The number of carbonyl (C=O) groups is 4. The molecule has 11 heteroatoms. The molecule has 0 aromatic carbocycles. The first kappa shape index (κ1) is 56.5. The minimum atomic E-state index is -0.653. The Hall–Kier alpha value is -1.92. The van der Waals surface area contributed by atoms with E-state index in [1.807, 2.05) is 14.0 Å². The Morgan fingerprint density at radius 2 is 0.878 bits per heavy atom. The number of aliphatic carboxylic acids is 1. The van der Waals surface area contributed by atoms with Gasteiger partial charge in [0.2, 0.25) is 6.41 Å². The Morgan fingerprint density at radius 1 is 0.571 bits per heavy atom. The number of rotatable bonds is 32. The molecule has 3 N–H and O–H groups in total. The van der Waals surface area contributed by atoms with Crippen LogP contribution in [0.5, 0.6) is 0 Å². The van der Waals surface area contributed by atoms with E-state index in [0.29, 0.717) is 58.9 Å². The quantitative estimate of drug-likeness (QED) is 0.0472. The molecule has 1 amide bonds. The lowest BCUT2D eigenvalue weighted by Crippen LogP contribution is -2.17. The molecule has 0 bridgehead atoms. The van der Waals surface area contributed by atoms with E-state index in [-0.39, 0.29) is 5.78 Å². The van der Waals surface area contributed by atoms with Crippen molar-refractivity contribution in [1.82, 2.24) is 10.6 Å². The second-order valence-corrected chi connectivity index (χ2v) is 11.3. The number of amides is 1. The summed E-state index contributed by atoms with van der Waals surface area (Å²) in [5.41, 5.74) is 0. The maximum absolute atomic E-state index is 10.3. The number of likely N-dealkylation sites (N-methyl/N-ethyl adjacent to an activating group) is 1. The zero-order valence-electron chi connectivity index (χ0n) is 33.0. The summed E-state index contributed by atoms with van der Waals surface area (Å²) in [7, 11) is 3.47. The highest BCUT2D eigenvalue weighted by molar-refractivity contribution is 5.74. The zero-order valence-corrected chi connectivity index (χ0v) is 33.0. The fourth-order valence-electron chi connectivity index (χ4n) is 3.73. The van der Waals surface area contributed by atoms with Crippen molar-refractivity contribution in [2.75, 3.05) is 73.5 Å². The average Bonchev–Trinajstić information content (AvgIpc) is 3.09. The average molecular weight is 709 g/mol. The molecule has 296 valence electrons. The maximum Gasteiger partial charge on any atom is 0.303 e. The number of hydrogen-bond acceptors (Lipinski definition) is 9. The monoisotopic (exact) mass is 709 g/mol. The minimum Gasteiger partial charge on any atom is -0.481 e. The molecule has 0 aliphatic carbocycles. The Labute approximate surface area is 301 Å². The summed E-state index contributed by atoms with van der Waals surface area (Å²) in [6.45, 7) is 15.5. The van der Waals surface area contributed by atoms with Gasteiger partial charge in [0.05, 0.1) is 46.2 Å². The van der Waals surface area contributed by atoms with Gasteiger partial charge in [0.25, 0.3) is 0 Å². The summed E-state index contributed by atoms with van der Waals surface area (Å²) in [5.74, 6) is -0.398. The predicted octanol–water partition coefficient (Wildman–Crippen LogP) is 7.57.